The van der Waals surface area contributed by atoms with E-state index in [1.54, 1.807) is 0 Å². The van der Waals surface area contributed by atoms with Gasteiger partial charge < -0.3 is 10.2 Å². The molecular weight excluding hydrogens is 242 g/mol. The number of nitrogens with zero attached hydrogens (tertiary/aromatic N) is 1. The Labute approximate surface area is 112 Å². The molecular formula is C15H19NO3. The van der Waals surface area contributed by atoms with Gasteiger partial charge in [-0.1, -0.05) is 36.8 Å². The molecule has 2 fully saturated rings. The fourth-order valence-corrected chi connectivity index (χ4v) is 3.80. The first-order valence-corrected chi connectivity index (χ1v) is 6.91. The zero-order chi connectivity index (χ0) is 13.4. The molecule has 1 saturated carbocycles. The van der Waals surface area contributed by atoms with Crippen molar-refractivity contribution in [2.75, 3.05) is 6.54 Å². The van der Waals surface area contributed by atoms with Crippen molar-refractivity contribution in [2.45, 2.75) is 31.4 Å². The van der Waals surface area contributed by atoms with Gasteiger partial charge in [-0.3, -0.25) is 4.90 Å². The molecule has 2 aliphatic rings. The van der Waals surface area contributed by atoms with Crippen LogP contribution in [0.25, 0.3) is 0 Å². The number of aliphatic hydroxyl groups is 1. The number of hydrogen-bond acceptors (Lipinski definition) is 2. The van der Waals surface area contributed by atoms with Crippen LogP contribution in [-0.4, -0.2) is 34.0 Å². The van der Waals surface area contributed by atoms with Crippen molar-refractivity contribution in [3.05, 3.63) is 35.9 Å². The van der Waals surface area contributed by atoms with Crippen LogP contribution in [0.2, 0.25) is 0 Å². The average Bonchev–Trinajstić information content (AvgIpc) is 2.78. The Balaban J connectivity index is 1.87. The number of carboxylic acid groups (broad SMARTS) is 1. The SMILES string of the molecule is O=C(O)N1CC2C(c3ccccc3)CCCC2C1O. The van der Waals surface area contributed by atoms with E-state index in [-0.39, 0.29) is 11.8 Å². The quantitative estimate of drug-likeness (QED) is 0.816. The molecule has 1 saturated heterocycles. The fourth-order valence-electron chi connectivity index (χ4n) is 3.80. The highest BCUT2D eigenvalue weighted by molar-refractivity contribution is 5.65. The maximum absolute atomic E-state index is 11.2. The number of benzene rings is 1. The van der Waals surface area contributed by atoms with E-state index in [1.165, 1.54) is 10.5 Å². The van der Waals surface area contributed by atoms with Crippen molar-refractivity contribution < 1.29 is 15.0 Å². The molecule has 4 nitrogen and oxygen atoms in total. The van der Waals surface area contributed by atoms with Gasteiger partial charge in [0.15, 0.2) is 0 Å². The van der Waals surface area contributed by atoms with E-state index in [4.69, 9.17) is 5.11 Å². The van der Waals surface area contributed by atoms with Crippen molar-refractivity contribution in [3.8, 4) is 0 Å². The normalized spacial score (nSPS) is 34.1. The lowest BCUT2D eigenvalue weighted by molar-refractivity contribution is 0.00549. The second-order valence-corrected chi connectivity index (χ2v) is 5.62. The molecule has 1 aliphatic heterocycles. The summed E-state index contributed by atoms with van der Waals surface area (Å²) in [5, 5.41) is 19.3. The van der Waals surface area contributed by atoms with Crippen molar-refractivity contribution >= 4 is 6.09 Å². The molecule has 3 rings (SSSR count). The molecule has 4 unspecified atom stereocenters. The van der Waals surface area contributed by atoms with E-state index in [2.05, 4.69) is 12.1 Å². The predicted octanol–water partition coefficient (Wildman–Crippen LogP) is 2.50. The van der Waals surface area contributed by atoms with Crippen LogP contribution in [0.3, 0.4) is 0 Å². The summed E-state index contributed by atoms with van der Waals surface area (Å²) in [6.07, 6.45) is 1.25. The summed E-state index contributed by atoms with van der Waals surface area (Å²) >= 11 is 0. The Morgan fingerprint density at radius 2 is 1.89 bits per heavy atom. The van der Waals surface area contributed by atoms with E-state index in [0.717, 1.165) is 19.3 Å². The molecule has 1 amide bonds. The van der Waals surface area contributed by atoms with Crippen LogP contribution in [0.15, 0.2) is 30.3 Å². The smallest absolute Gasteiger partial charge is 0.409 e. The third kappa shape index (κ3) is 2.10. The second kappa shape index (κ2) is 4.85. The first-order chi connectivity index (χ1) is 9.18. The van der Waals surface area contributed by atoms with Crippen molar-refractivity contribution in [1.82, 2.24) is 4.90 Å². The van der Waals surface area contributed by atoms with Gasteiger partial charge in [-0.25, -0.2) is 4.79 Å². The lowest BCUT2D eigenvalue weighted by Crippen LogP contribution is -2.36. The van der Waals surface area contributed by atoms with Crippen molar-refractivity contribution in [3.63, 3.8) is 0 Å². The summed E-state index contributed by atoms with van der Waals surface area (Å²) < 4.78 is 0. The minimum absolute atomic E-state index is 0.0926. The second-order valence-electron chi connectivity index (χ2n) is 5.62. The van der Waals surface area contributed by atoms with Crippen molar-refractivity contribution in [1.29, 1.82) is 0 Å². The van der Waals surface area contributed by atoms with Crippen LogP contribution in [0.5, 0.6) is 0 Å². The Hall–Kier alpha value is -1.55. The Bertz CT molecular complexity index is 462. The molecule has 1 aromatic carbocycles. The Morgan fingerprint density at radius 1 is 1.16 bits per heavy atom. The number of hydrogen-bond donors (Lipinski definition) is 2. The Morgan fingerprint density at radius 3 is 2.58 bits per heavy atom. The summed E-state index contributed by atoms with van der Waals surface area (Å²) in [5.41, 5.74) is 1.27. The van der Waals surface area contributed by atoms with E-state index in [1.807, 2.05) is 18.2 Å². The highest BCUT2D eigenvalue weighted by Gasteiger charge is 2.48. The summed E-state index contributed by atoms with van der Waals surface area (Å²) in [4.78, 5) is 12.4. The van der Waals surface area contributed by atoms with E-state index >= 15 is 0 Å². The molecule has 1 aromatic rings. The van der Waals surface area contributed by atoms with Crippen molar-refractivity contribution in [2.24, 2.45) is 11.8 Å². The van der Waals surface area contributed by atoms with Gasteiger partial charge in [0, 0.05) is 12.5 Å². The molecule has 4 heteroatoms. The van der Waals surface area contributed by atoms with Gasteiger partial charge in [0.1, 0.15) is 6.23 Å². The number of fused-ring (bicyclic) bond motifs is 1. The van der Waals surface area contributed by atoms with E-state index in [9.17, 15) is 9.90 Å². The molecule has 2 N–H and O–H groups in total. The topological polar surface area (TPSA) is 60.8 Å². The van der Waals surface area contributed by atoms with Crippen LogP contribution >= 0.6 is 0 Å². The van der Waals surface area contributed by atoms with Gasteiger partial charge in [-0.2, -0.15) is 0 Å². The molecule has 1 heterocycles. The summed E-state index contributed by atoms with van der Waals surface area (Å²) in [5.74, 6) is 0.719. The molecule has 1 aliphatic carbocycles. The van der Waals surface area contributed by atoms with Crippen LogP contribution in [0, 0.1) is 11.8 Å². The molecule has 0 bridgehead atoms. The lowest BCUT2D eigenvalue weighted by Gasteiger charge is -2.33. The largest absolute Gasteiger partial charge is 0.465 e. The number of aliphatic hydroxyl groups excluding tert-OH is 1. The summed E-state index contributed by atoms with van der Waals surface area (Å²) in [7, 11) is 0. The molecule has 19 heavy (non-hydrogen) atoms. The minimum atomic E-state index is -1.01. The predicted molar refractivity (Wildman–Crippen MR) is 70.8 cm³/mol. The van der Waals surface area contributed by atoms with Crippen LogP contribution < -0.4 is 0 Å². The minimum Gasteiger partial charge on any atom is -0.465 e. The van der Waals surface area contributed by atoms with Gasteiger partial charge in [0.25, 0.3) is 0 Å². The monoisotopic (exact) mass is 261 g/mol. The number of likely N-dealkylation sites (tertiary alicyclic amines) is 1. The maximum atomic E-state index is 11.2. The van der Waals surface area contributed by atoms with Gasteiger partial charge in [-0.05, 0) is 30.2 Å². The van der Waals surface area contributed by atoms with Gasteiger partial charge in [0.2, 0.25) is 0 Å². The zero-order valence-corrected chi connectivity index (χ0v) is 10.8. The average molecular weight is 261 g/mol. The number of rotatable bonds is 1. The van der Waals surface area contributed by atoms with Gasteiger partial charge in [-0.15, -0.1) is 0 Å². The lowest BCUT2D eigenvalue weighted by atomic mass is 9.70. The molecule has 0 spiro atoms. The highest BCUT2D eigenvalue weighted by Crippen LogP contribution is 2.47. The third-order valence-corrected chi connectivity index (χ3v) is 4.70. The first-order valence-electron chi connectivity index (χ1n) is 6.91. The Kier molecular flexibility index (Phi) is 3.19. The standard InChI is InChI=1S/C15H19NO3/c17-14-12-8-4-7-11(10-5-2-1-3-6-10)13(12)9-16(14)15(18)19/h1-3,5-6,11-14,17H,4,7-9H2,(H,18,19). The molecule has 4 atom stereocenters. The van der Waals surface area contributed by atoms with Crippen LogP contribution in [0.4, 0.5) is 4.79 Å². The van der Waals surface area contributed by atoms with E-state index < -0.39 is 12.3 Å². The number of carbonyl (C=O) groups is 1. The first kappa shape index (κ1) is 12.5. The fraction of sp³-hybridized carbons (Fsp3) is 0.533. The van der Waals surface area contributed by atoms with Crippen LogP contribution in [-0.2, 0) is 0 Å². The van der Waals surface area contributed by atoms with E-state index in [0.29, 0.717) is 12.5 Å². The summed E-state index contributed by atoms with van der Waals surface area (Å²) in [6.45, 7) is 0.459. The third-order valence-electron chi connectivity index (χ3n) is 4.70. The number of amides is 1. The van der Waals surface area contributed by atoms with Gasteiger partial charge in [0.05, 0.1) is 0 Å². The highest BCUT2D eigenvalue weighted by atomic mass is 16.4. The van der Waals surface area contributed by atoms with Crippen LogP contribution in [0.1, 0.15) is 30.7 Å². The summed E-state index contributed by atoms with van der Waals surface area (Å²) in [6, 6.07) is 10.3. The molecule has 0 aromatic heterocycles. The molecule has 102 valence electrons. The van der Waals surface area contributed by atoms with Gasteiger partial charge >= 0.3 is 6.09 Å². The molecule has 0 radical (unpaired) electrons. The zero-order valence-electron chi connectivity index (χ0n) is 10.8. The maximum Gasteiger partial charge on any atom is 0.409 e.